The second-order valence-electron chi connectivity index (χ2n) is 7.94. The van der Waals surface area contributed by atoms with Crippen LogP contribution in [-0.2, 0) is 5.41 Å². The van der Waals surface area contributed by atoms with Gasteiger partial charge in [-0.15, -0.1) is 0 Å². The van der Waals surface area contributed by atoms with Gasteiger partial charge in [0.15, 0.2) is 0 Å². The molecule has 24 heavy (non-hydrogen) atoms. The van der Waals surface area contributed by atoms with E-state index in [1.165, 1.54) is 83.5 Å². The predicted molar refractivity (Wildman–Crippen MR) is 103 cm³/mol. The third-order valence-corrected chi connectivity index (χ3v) is 5.16. The highest BCUT2D eigenvalue weighted by molar-refractivity contribution is 5.07. The molecule has 140 valence electrons. The van der Waals surface area contributed by atoms with Crippen molar-refractivity contribution in [3.05, 3.63) is 22.5 Å². The Hall–Kier alpha value is -0.990. The average molecular weight is 338 g/mol. The number of H-pyrrole nitrogens is 1. The molecule has 0 bridgehead atoms. The van der Waals surface area contributed by atoms with Gasteiger partial charge in [-0.2, -0.15) is 0 Å². The van der Waals surface area contributed by atoms with E-state index in [1.807, 2.05) is 0 Å². The summed E-state index contributed by atoms with van der Waals surface area (Å²) >= 11 is 0. The minimum absolute atomic E-state index is 0.00390. The fraction of sp³-hybridized carbons (Fsp3) is 0.857. The maximum absolute atomic E-state index is 11.1. The van der Waals surface area contributed by atoms with Crippen LogP contribution in [0, 0.1) is 0 Å². The first kappa shape index (κ1) is 21.1. The molecule has 1 aromatic rings. The number of hydrogen-bond donors (Lipinski definition) is 1. The summed E-state index contributed by atoms with van der Waals surface area (Å²) in [6.07, 6.45) is 20.6. The summed E-state index contributed by atoms with van der Waals surface area (Å²) < 4.78 is 4.86. The maximum atomic E-state index is 11.1. The molecule has 0 aliphatic carbocycles. The standard InChI is InChI=1S/C21H39NO2/c1-4-5-6-7-8-9-10-11-12-13-14-15-16-17-21(2,3)19-18-24-20(23)22-19/h18H,4-17H2,1-3H3,(H,22,23). The molecule has 0 aliphatic rings. The van der Waals surface area contributed by atoms with E-state index in [9.17, 15) is 4.79 Å². The number of oxazole rings is 1. The van der Waals surface area contributed by atoms with Crippen LogP contribution in [-0.4, -0.2) is 4.98 Å². The van der Waals surface area contributed by atoms with Crippen molar-refractivity contribution < 1.29 is 4.42 Å². The summed E-state index contributed by atoms with van der Waals surface area (Å²) in [7, 11) is 0. The van der Waals surface area contributed by atoms with E-state index in [0.717, 1.165) is 12.1 Å². The van der Waals surface area contributed by atoms with E-state index >= 15 is 0 Å². The largest absolute Gasteiger partial charge is 0.416 e. The average Bonchev–Trinajstić information content (AvgIpc) is 2.99. The number of hydrogen-bond acceptors (Lipinski definition) is 2. The minimum Gasteiger partial charge on any atom is -0.416 e. The van der Waals surface area contributed by atoms with Crippen LogP contribution in [0.1, 0.15) is 116 Å². The summed E-state index contributed by atoms with van der Waals surface area (Å²) in [5, 5.41) is 0. The van der Waals surface area contributed by atoms with Crippen LogP contribution in [0.2, 0.25) is 0 Å². The monoisotopic (exact) mass is 337 g/mol. The van der Waals surface area contributed by atoms with Gasteiger partial charge in [0, 0.05) is 5.41 Å². The van der Waals surface area contributed by atoms with Gasteiger partial charge < -0.3 is 4.42 Å². The Morgan fingerprint density at radius 1 is 0.833 bits per heavy atom. The molecule has 1 rings (SSSR count). The van der Waals surface area contributed by atoms with Gasteiger partial charge >= 0.3 is 5.76 Å². The van der Waals surface area contributed by atoms with Gasteiger partial charge in [-0.25, -0.2) is 4.79 Å². The van der Waals surface area contributed by atoms with Gasteiger partial charge in [-0.3, -0.25) is 4.98 Å². The number of nitrogens with one attached hydrogen (secondary N) is 1. The third-order valence-electron chi connectivity index (χ3n) is 5.16. The summed E-state index contributed by atoms with van der Waals surface area (Å²) in [5.41, 5.74) is 0.927. The Labute approximate surface area is 148 Å². The molecular weight excluding hydrogens is 298 g/mol. The Morgan fingerprint density at radius 2 is 1.29 bits per heavy atom. The molecule has 0 amide bonds. The summed E-state index contributed by atoms with van der Waals surface area (Å²) in [5.74, 6) is -0.344. The summed E-state index contributed by atoms with van der Waals surface area (Å²) in [6, 6.07) is 0. The van der Waals surface area contributed by atoms with Crippen LogP contribution in [0.4, 0.5) is 0 Å². The first-order valence-corrected chi connectivity index (χ1v) is 10.2. The normalized spacial score (nSPS) is 12.0. The van der Waals surface area contributed by atoms with E-state index in [0.29, 0.717) is 0 Å². The number of aromatic nitrogens is 1. The van der Waals surface area contributed by atoms with Crippen molar-refractivity contribution in [2.24, 2.45) is 0 Å². The van der Waals surface area contributed by atoms with Crippen molar-refractivity contribution in [2.45, 2.75) is 116 Å². The van der Waals surface area contributed by atoms with Crippen molar-refractivity contribution in [3.63, 3.8) is 0 Å². The lowest BCUT2D eigenvalue weighted by Gasteiger charge is -2.22. The van der Waals surface area contributed by atoms with Crippen molar-refractivity contribution in [1.29, 1.82) is 0 Å². The van der Waals surface area contributed by atoms with Gasteiger partial charge in [0.2, 0.25) is 0 Å². The lowest BCUT2D eigenvalue weighted by Crippen LogP contribution is -2.18. The zero-order valence-electron chi connectivity index (χ0n) is 16.3. The van der Waals surface area contributed by atoms with Crippen molar-refractivity contribution in [2.75, 3.05) is 0 Å². The maximum Gasteiger partial charge on any atom is 0.416 e. The van der Waals surface area contributed by atoms with Crippen LogP contribution in [0.3, 0.4) is 0 Å². The second-order valence-corrected chi connectivity index (χ2v) is 7.94. The van der Waals surface area contributed by atoms with Crippen molar-refractivity contribution in [1.82, 2.24) is 4.98 Å². The lowest BCUT2D eigenvalue weighted by atomic mass is 9.84. The second kappa shape index (κ2) is 12.4. The van der Waals surface area contributed by atoms with Gasteiger partial charge in [0.05, 0.1) is 5.69 Å². The number of aromatic amines is 1. The van der Waals surface area contributed by atoms with E-state index < -0.39 is 0 Å². The van der Waals surface area contributed by atoms with Gasteiger partial charge in [-0.1, -0.05) is 104 Å². The summed E-state index contributed by atoms with van der Waals surface area (Å²) in [6.45, 7) is 6.63. The molecule has 0 atom stereocenters. The minimum atomic E-state index is -0.344. The zero-order valence-corrected chi connectivity index (χ0v) is 16.3. The molecule has 0 aliphatic heterocycles. The molecule has 0 fully saturated rings. The molecular formula is C21H39NO2. The highest BCUT2D eigenvalue weighted by Gasteiger charge is 2.22. The summed E-state index contributed by atoms with van der Waals surface area (Å²) in [4.78, 5) is 13.9. The fourth-order valence-electron chi connectivity index (χ4n) is 3.33. The van der Waals surface area contributed by atoms with Gasteiger partial charge in [0.25, 0.3) is 0 Å². The molecule has 0 spiro atoms. The molecule has 0 saturated heterocycles. The smallest absolute Gasteiger partial charge is 0.416 e. The van der Waals surface area contributed by atoms with Gasteiger partial charge in [0.1, 0.15) is 6.26 Å². The lowest BCUT2D eigenvalue weighted by molar-refractivity contribution is 0.428. The highest BCUT2D eigenvalue weighted by atomic mass is 16.4. The van der Waals surface area contributed by atoms with Crippen LogP contribution in [0.5, 0.6) is 0 Å². The molecule has 1 heterocycles. The topological polar surface area (TPSA) is 46.0 Å². The Bertz CT molecular complexity index is 458. The molecule has 0 saturated carbocycles. The van der Waals surface area contributed by atoms with E-state index in [2.05, 4.69) is 25.8 Å². The molecule has 1 N–H and O–H groups in total. The molecule has 0 aromatic carbocycles. The molecule has 1 aromatic heterocycles. The van der Waals surface area contributed by atoms with Crippen molar-refractivity contribution >= 4 is 0 Å². The van der Waals surface area contributed by atoms with Crippen LogP contribution in [0.25, 0.3) is 0 Å². The highest BCUT2D eigenvalue weighted by Crippen LogP contribution is 2.27. The van der Waals surface area contributed by atoms with E-state index in [4.69, 9.17) is 4.42 Å². The Morgan fingerprint density at radius 3 is 1.71 bits per heavy atom. The van der Waals surface area contributed by atoms with Crippen LogP contribution >= 0.6 is 0 Å². The zero-order chi connectivity index (χ0) is 17.7. The van der Waals surface area contributed by atoms with Crippen LogP contribution in [0.15, 0.2) is 15.5 Å². The Balaban J connectivity index is 1.91. The first-order chi connectivity index (χ1) is 11.6. The molecule has 0 radical (unpaired) electrons. The quantitative estimate of drug-likeness (QED) is 0.361. The first-order valence-electron chi connectivity index (χ1n) is 10.2. The predicted octanol–water partition coefficient (Wildman–Crippen LogP) is 6.73. The van der Waals surface area contributed by atoms with E-state index in [-0.39, 0.29) is 11.2 Å². The number of rotatable bonds is 15. The van der Waals surface area contributed by atoms with E-state index in [1.54, 1.807) is 6.26 Å². The molecule has 3 heteroatoms. The third kappa shape index (κ3) is 9.34. The number of unbranched alkanes of at least 4 members (excludes halogenated alkanes) is 12. The van der Waals surface area contributed by atoms with Crippen LogP contribution < -0.4 is 5.76 Å². The molecule has 3 nitrogen and oxygen atoms in total. The Kier molecular flexibility index (Phi) is 10.9. The molecule has 0 unspecified atom stereocenters. The van der Waals surface area contributed by atoms with Crippen molar-refractivity contribution in [3.8, 4) is 0 Å². The SMILES string of the molecule is CCCCCCCCCCCCCCCC(C)(C)c1coc(=O)[nH]1. The fourth-order valence-corrected chi connectivity index (χ4v) is 3.33. The van der Waals surface area contributed by atoms with Gasteiger partial charge in [-0.05, 0) is 6.42 Å².